The summed E-state index contributed by atoms with van der Waals surface area (Å²) in [5, 5.41) is 4.89. The van der Waals surface area contributed by atoms with Gasteiger partial charge in [0, 0.05) is 0 Å². The van der Waals surface area contributed by atoms with Gasteiger partial charge in [-0.2, -0.15) is 0 Å². The summed E-state index contributed by atoms with van der Waals surface area (Å²) in [4.78, 5) is 0. The molecule has 2 N–H and O–H groups in total. The van der Waals surface area contributed by atoms with E-state index in [2.05, 4.69) is 15.9 Å². The predicted octanol–water partition coefficient (Wildman–Crippen LogP) is 2.82. The van der Waals surface area contributed by atoms with Gasteiger partial charge in [-0.25, -0.2) is 17.9 Å². The molecule has 0 fully saturated rings. The van der Waals surface area contributed by atoms with Gasteiger partial charge in [0.05, 0.1) is 16.8 Å². The third-order valence-electron chi connectivity index (χ3n) is 2.47. The zero-order chi connectivity index (χ0) is 14.3. The van der Waals surface area contributed by atoms with Gasteiger partial charge in [0.15, 0.2) is 0 Å². The summed E-state index contributed by atoms with van der Waals surface area (Å²) in [6.45, 7) is 0.513. The standard InChI is InChI=1S/C12H17BrFNO3S/c13-11-9-10(14)5-6-12(11)18-7-3-1-2-4-8-19(15,16)17/h5-6,9H,1-4,7-8H2,(H2,15,16,17). The van der Waals surface area contributed by atoms with Crippen molar-refractivity contribution >= 4 is 26.0 Å². The molecular formula is C12H17BrFNO3S. The lowest BCUT2D eigenvalue weighted by molar-refractivity contribution is 0.303. The number of primary sulfonamides is 1. The number of rotatable bonds is 8. The van der Waals surface area contributed by atoms with Gasteiger partial charge in [0.25, 0.3) is 0 Å². The Labute approximate surface area is 121 Å². The van der Waals surface area contributed by atoms with Gasteiger partial charge < -0.3 is 4.74 Å². The largest absolute Gasteiger partial charge is 0.492 e. The van der Waals surface area contributed by atoms with Gasteiger partial charge in [0.1, 0.15) is 11.6 Å². The molecule has 0 spiro atoms. The molecule has 0 heterocycles. The summed E-state index contributed by atoms with van der Waals surface area (Å²) in [5.41, 5.74) is 0. The molecule has 0 atom stereocenters. The highest BCUT2D eigenvalue weighted by Gasteiger charge is 2.03. The first-order valence-electron chi connectivity index (χ1n) is 5.97. The van der Waals surface area contributed by atoms with Crippen molar-refractivity contribution in [2.24, 2.45) is 5.14 Å². The molecule has 19 heavy (non-hydrogen) atoms. The Balaban J connectivity index is 2.14. The smallest absolute Gasteiger partial charge is 0.209 e. The van der Waals surface area contributed by atoms with E-state index in [9.17, 15) is 12.8 Å². The van der Waals surface area contributed by atoms with E-state index in [1.165, 1.54) is 12.1 Å². The Hall–Kier alpha value is -0.660. The summed E-state index contributed by atoms with van der Waals surface area (Å²) < 4.78 is 40.3. The van der Waals surface area contributed by atoms with Crippen LogP contribution in [0.2, 0.25) is 0 Å². The van der Waals surface area contributed by atoms with Gasteiger partial charge in [-0.05, 0) is 47.0 Å². The molecule has 0 unspecified atom stereocenters. The van der Waals surface area contributed by atoms with Crippen LogP contribution in [0.3, 0.4) is 0 Å². The molecule has 0 amide bonds. The lowest BCUT2D eigenvalue weighted by Gasteiger charge is -2.08. The van der Waals surface area contributed by atoms with E-state index in [0.29, 0.717) is 23.2 Å². The minimum atomic E-state index is -3.34. The maximum Gasteiger partial charge on any atom is 0.209 e. The van der Waals surface area contributed by atoms with Crippen molar-refractivity contribution in [1.29, 1.82) is 0 Å². The van der Waals surface area contributed by atoms with Gasteiger partial charge in [0.2, 0.25) is 10.0 Å². The topological polar surface area (TPSA) is 69.4 Å². The van der Waals surface area contributed by atoms with Crippen molar-refractivity contribution in [3.8, 4) is 5.75 Å². The summed E-state index contributed by atoms with van der Waals surface area (Å²) in [5.74, 6) is 0.310. The third kappa shape index (κ3) is 7.49. The van der Waals surface area contributed by atoms with E-state index < -0.39 is 10.0 Å². The molecule has 108 valence electrons. The fourth-order valence-corrected chi connectivity index (χ4v) is 2.61. The number of benzene rings is 1. The summed E-state index contributed by atoms with van der Waals surface area (Å²) in [6, 6.07) is 4.26. The number of hydrogen-bond donors (Lipinski definition) is 1. The highest BCUT2D eigenvalue weighted by molar-refractivity contribution is 9.10. The van der Waals surface area contributed by atoms with E-state index >= 15 is 0 Å². The van der Waals surface area contributed by atoms with Gasteiger partial charge in [-0.1, -0.05) is 12.8 Å². The highest BCUT2D eigenvalue weighted by Crippen LogP contribution is 2.25. The van der Waals surface area contributed by atoms with Crippen LogP contribution in [0.25, 0.3) is 0 Å². The second kappa shape index (κ2) is 7.81. The summed E-state index contributed by atoms with van der Waals surface area (Å²) in [6.07, 6.45) is 3.05. The van der Waals surface area contributed by atoms with Gasteiger partial charge in [-0.15, -0.1) is 0 Å². The van der Waals surface area contributed by atoms with Crippen LogP contribution < -0.4 is 9.88 Å². The lowest BCUT2D eigenvalue weighted by atomic mass is 10.2. The minimum Gasteiger partial charge on any atom is -0.492 e. The Morgan fingerprint density at radius 3 is 2.53 bits per heavy atom. The third-order valence-corrected chi connectivity index (χ3v) is 3.95. The van der Waals surface area contributed by atoms with Crippen LogP contribution in [0.1, 0.15) is 25.7 Å². The second-order valence-corrected chi connectivity index (χ2v) is 6.79. The molecule has 7 heteroatoms. The van der Waals surface area contributed by atoms with E-state index in [-0.39, 0.29) is 11.6 Å². The Kier molecular flexibility index (Phi) is 6.74. The fourth-order valence-electron chi connectivity index (χ4n) is 1.53. The molecule has 0 saturated heterocycles. The fraction of sp³-hybridized carbons (Fsp3) is 0.500. The molecule has 1 rings (SSSR count). The summed E-state index contributed by atoms with van der Waals surface area (Å²) >= 11 is 3.22. The van der Waals surface area contributed by atoms with Crippen LogP contribution in [-0.4, -0.2) is 20.8 Å². The molecular weight excluding hydrogens is 337 g/mol. The van der Waals surface area contributed by atoms with Crippen LogP contribution >= 0.6 is 15.9 Å². The number of nitrogens with two attached hydrogens (primary N) is 1. The number of ether oxygens (including phenoxy) is 1. The Morgan fingerprint density at radius 2 is 1.89 bits per heavy atom. The molecule has 0 aliphatic heterocycles. The van der Waals surface area contributed by atoms with Crippen LogP contribution in [0.15, 0.2) is 22.7 Å². The molecule has 0 bridgehead atoms. The maximum atomic E-state index is 12.8. The summed E-state index contributed by atoms with van der Waals surface area (Å²) in [7, 11) is -3.34. The monoisotopic (exact) mass is 353 g/mol. The van der Waals surface area contributed by atoms with Crippen LogP contribution in [0.4, 0.5) is 4.39 Å². The molecule has 0 saturated carbocycles. The van der Waals surface area contributed by atoms with Crippen molar-refractivity contribution in [3.63, 3.8) is 0 Å². The van der Waals surface area contributed by atoms with Crippen LogP contribution in [0, 0.1) is 5.82 Å². The molecule has 0 radical (unpaired) electrons. The van der Waals surface area contributed by atoms with Crippen LogP contribution in [-0.2, 0) is 10.0 Å². The first kappa shape index (κ1) is 16.4. The van der Waals surface area contributed by atoms with Crippen molar-refractivity contribution < 1.29 is 17.5 Å². The van der Waals surface area contributed by atoms with Crippen molar-refractivity contribution in [2.75, 3.05) is 12.4 Å². The molecule has 1 aromatic carbocycles. The predicted molar refractivity (Wildman–Crippen MR) is 76.0 cm³/mol. The minimum absolute atomic E-state index is 0.0252. The van der Waals surface area contributed by atoms with Crippen molar-refractivity contribution in [1.82, 2.24) is 0 Å². The van der Waals surface area contributed by atoms with Gasteiger partial charge >= 0.3 is 0 Å². The second-order valence-electron chi connectivity index (χ2n) is 4.20. The first-order chi connectivity index (χ1) is 8.88. The first-order valence-corrected chi connectivity index (χ1v) is 8.47. The van der Waals surface area contributed by atoms with E-state index in [1.54, 1.807) is 6.07 Å². The average Bonchev–Trinajstić information content (AvgIpc) is 2.29. The number of hydrogen-bond acceptors (Lipinski definition) is 3. The van der Waals surface area contributed by atoms with Gasteiger partial charge in [-0.3, -0.25) is 0 Å². The number of sulfonamides is 1. The van der Waals surface area contributed by atoms with Crippen LogP contribution in [0.5, 0.6) is 5.75 Å². The number of halogens is 2. The Morgan fingerprint density at radius 1 is 1.21 bits per heavy atom. The normalized spacial score (nSPS) is 11.5. The van der Waals surface area contributed by atoms with E-state index in [1.807, 2.05) is 0 Å². The zero-order valence-corrected chi connectivity index (χ0v) is 12.8. The zero-order valence-electron chi connectivity index (χ0n) is 10.4. The maximum absolute atomic E-state index is 12.8. The SMILES string of the molecule is NS(=O)(=O)CCCCCCOc1ccc(F)cc1Br. The highest BCUT2D eigenvalue weighted by atomic mass is 79.9. The van der Waals surface area contributed by atoms with Crippen molar-refractivity contribution in [2.45, 2.75) is 25.7 Å². The average molecular weight is 354 g/mol. The molecule has 4 nitrogen and oxygen atoms in total. The quantitative estimate of drug-likeness (QED) is 0.730. The molecule has 0 aliphatic rings. The lowest BCUT2D eigenvalue weighted by Crippen LogP contribution is -2.16. The van der Waals surface area contributed by atoms with E-state index in [4.69, 9.17) is 9.88 Å². The molecule has 0 aliphatic carbocycles. The van der Waals surface area contributed by atoms with E-state index in [0.717, 1.165) is 19.3 Å². The molecule has 0 aromatic heterocycles. The molecule has 1 aromatic rings. The number of unbranched alkanes of at least 4 members (excludes halogenated alkanes) is 3. The van der Waals surface area contributed by atoms with Crippen molar-refractivity contribution in [3.05, 3.63) is 28.5 Å². The Bertz CT molecular complexity index is 508.